The van der Waals surface area contributed by atoms with Crippen LogP contribution in [-0.2, 0) is 0 Å². The molecule has 0 heterocycles. The maximum atomic E-state index is 9.45. The molecular weight excluding hydrogens is 223 g/mol. The van der Waals surface area contributed by atoms with Gasteiger partial charge in [-0.1, -0.05) is 63.6 Å². The maximum Gasteiger partial charge on any atom is 0.488 e. The quantitative estimate of drug-likeness (QED) is 0.510. The van der Waals surface area contributed by atoms with Gasteiger partial charge in [-0.3, -0.25) is 0 Å². The lowest BCUT2D eigenvalue weighted by Crippen LogP contribution is -2.17. The van der Waals surface area contributed by atoms with Gasteiger partial charge in [0.1, 0.15) is 0 Å². The molecule has 0 aromatic carbocycles. The molecule has 0 spiro atoms. The highest BCUT2D eigenvalue weighted by Gasteiger charge is 2.17. The van der Waals surface area contributed by atoms with Gasteiger partial charge in [0.2, 0.25) is 0 Å². The molecule has 0 bridgehead atoms. The van der Waals surface area contributed by atoms with Crippen LogP contribution in [0.25, 0.3) is 0 Å². The average molecular weight is 248 g/mol. The molecule has 2 nitrogen and oxygen atoms in total. The van der Waals surface area contributed by atoms with Gasteiger partial charge in [-0.15, -0.1) is 0 Å². The average Bonchev–Trinajstić information content (AvgIpc) is 2.37. The van der Waals surface area contributed by atoms with Crippen LogP contribution in [0, 0.1) is 5.92 Å². The summed E-state index contributed by atoms with van der Waals surface area (Å²) in [6, 6.07) is 0. The van der Waals surface area contributed by atoms with Crippen LogP contribution in [-0.4, -0.2) is 17.2 Å². The first-order chi connectivity index (χ1) is 8.60. The lowest BCUT2D eigenvalue weighted by Gasteiger charge is -2.12. The molecule has 0 aliphatic heterocycles. The van der Waals surface area contributed by atoms with Crippen LogP contribution in [0.3, 0.4) is 0 Å². The van der Waals surface area contributed by atoms with Crippen molar-refractivity contribution >= 4 is 7.12 Å². The zero-order valence-electron chi connectivity index (χ0n) is 11.8. The van der Waals surface area contributed by atoms with Crippen molar-refractivity contribution in [3.63, 3.8) is 0 Å². The lowest BCUT2D eigenvalue weighted by molar-refractivity contribution is 0.419. The van der Waals surface area contributed by atoms with E-state index in [9.17, 15) is 10.0 Å². The summed E-state index contributed by atoms with van der Waals surface area (Å²) < 4.78 is 0. The van der Waals surface area contributed by atoms with Gasteiger partial charge in [0.25, 0.3) is 0 Å². The first-order valence-corrected chi connectivity index (χ1v) is 6.62. The third-order valence-corrected chi connectivity index (χ3v) is 3.13. The fourth-order valence-corrected chi connectivity index (χ4v) is 1.77. The molecule has 2 N–H and O–H groups in total. The molecule has 0 aromatic rings. The molecule has 0 atom stereocenters. The third kappa shape index (κ3) is 6.03. The maximum absolute atomic E-state index is 9.45. The Morgan fingerprint density at radius 1 is 1.28 bits per heavy atom. The summed E-state index contributed by atoms with van der Waals surface area (Å²) in [6.07, 6.45) is 12.2. The van der Waals surface area contributed by atoms with Gasteiger partial charge in [-0.2, -0.15) is 0 Å². The van der Waals surface area contributed by atoms with Crippen molar-refractivity contribution in [2.45, 2.75) is 40.0 Å². The largest absolute Gasteiger partial charge is 0.488 e. The highest BCUT2D eigenvalue weighted by Crippen LogP contribution is 2.19. The van der Waals surface area contributed by atoms with E-state index in [2.05, 4.69) is 20.4 Å². The smallest absolute Gasteiger partial charge is 0.423 e. The first kappa shape index (κ1) is 16.9. The standard InChI is InChI=1S/C15H25BO2/c1-5-9-10-14(8-4)15(16(17)18)12-11-13(6-2)7-3/h5,8-10,12-13,17-18H,4,6-7,11H2,1-3H3/b9-5-,14-10+,15-12-. The van der Waals surface area contributed by atoms with Crippen molar-refractivity contribution < 1.29 is 10.0 Å². The van der Waals surface area contributed by atoms with Crippen LogP contribution in [0.15, 0.2) is 48.0 Å². The summed E-state index contributed by atoms with van der Waals surface area (Å²) in [5.74, 6) is 0.589. The number of rotatable bonds is 8. The van der Waals surface area contributed by atoms with Crippen molar-refractivity contribution in [3.05, 3.63) is 48.0 Å². The van der Waals surface area contributed by atoms with Crippen LogP contribution in [0.1, 0.15) is 40.0 Å². The van der Waals surface area contributed by atoms with Gasteiger partial charge in [0.15, 0.2) is 0 Å². The van der Waals surface area contributed by atoms with Gasteiger partial charge in [0, 0.05) is 0 Å². The third-order valence-electron chi connectivity index (χ3n) is 3.13. The zero-order valence-corrected chi connectivity index (χ0v) is 11.8. The molecule has 0 unspecified atom stereocenters. The Morgan fingerprint density at radius 3 is 2.28 bits per heavy atom. The van der Waals surface area contributed by atoms with Crippen molar-refractivity contribution in [1.82, 2.24) is 0 Å². The van der Waals surface area contributed by atoms with E-state index in [1.54, 1.807) is 6.08 Å². The van der Waals surface area contributed by atoms with Crippen LogP contribution in [0.5, 0.6) is 0 Å². The molecular formula is C15H25BO2. The van der Waals surface area contributed by atoms with Gasteiger partial charge >= 0.3 is 7.12 Å². The van der Waals surface area contributed by atoms with E-state index in [0.717, 1.165) is 24.8 Å². The second-order valence-electron chi connectivity index (χ2n) is 4.30. The molecule has 0 fully saturated rings. The monoisotopic (exact) mass is 248 g/mol. The normalized spacial score (nSPS) is 13.4. The summed E-state index contributed by atoms with van der Waals surface area (Å²) >= 11 is 0. The van der Waals surface area contributed by atoms with Gasteiger partial charge in [-0.05, 0) is 30.3 Å². The van der Waals surface area contributed by atoms with Crippen LogP contribution >= 0.6 is 0 Å². The Morgan fingerprint density at radius 2 is 1.89 bits per heavy atom. The number of hydrogen-bond acceptors (Lipinski definition) is 2. The molecule has 0 rings (SSSR count). The molecule has 100 valence electrons. The molecule has 0 saturated carbocycles. The molecule has 0 aliphatic rings. The van der Waals surface area contributed by atoms with Crippen LogP contribution in [0.4, 0.5) is 0 Å². The van der Waals surface area contributed by atoms with E-state index in [1.807, 2.05) is 31.2 Å². The van der Waals surface area contributed by atoms with E-state index in [-0.39, 0.29) is 0 Å². The minimum absolute atomic E-state index is 0.537. The van der Waals surface area contributed by atoms with Crippen molar-refractivity contribution in [2.24, 2.45) is 5.92 Å². The van der Waals surface area contributed by atoms with Gasteiger partial charge in [0.05, 0.1) is 0 Å². The molecule has 0 radical (unpaired) electrons. The van der Waals surface area contributed by atoms with E-state index in [0.29, 0.717) is 11.4 Å². The highest BCUT2D eigenvalue weighted by molar-refractivity contribution is 6.52. The fraction of sp³-hybridized carbons (Fsp3) is 0.467. The molecule has 3 heteroatoms. The summed E-state index contributed by atoms with van der Waals surface area (Å²) in [7, 11) is -1.45. The van der Waals surface area contributed by atoms with Crippen molar-refractivity contribution in [3.8, 4) is 0 Å². The summed E-state index contributed by atoms with van der Waals surface area (Å²) in [5, 5.41) is 18.9. The minimum Gasteiger partial charge on any atom is -0.423 e. The van der Waals surface area contributed by atoms with Crippen molar-refractivity contribution in [1.29, 1.82) is 0 Å². The zero-order chi connectivity index (χ0) is 14.0. The lowest BCUT2D eigenvalue weighted by atomic mass is 9.73. The van der Waals surface area contributed by atoms with E-state index < -0.39 is 7.12 Å². The van der Waals surface area contributed by atoms with Crippen LogP contribution in [0.2, 0.25) is 0 Å². The SMILES string of the molecule is C=CC(=C\C=C/C)/C(=C/CC(CC)CC)B(O)O. The predicted molar refractivity (Wildman–Crippen MR) is 80.1 cm³/mol. The number of allylic oxidation sites excluding steroid dienone is 7. The topological polar surface area (TPSA) is 40.5 Å². The van der Waals surface area contributed by atoms with E-state index >= 15 is 0 Å². The summed E-state index contributed by atoms with van der Waals surface area (Å²) in [5.41, 5.74) is 1.30. The molecule has 18 heavy (non-hydrogen) atoms. The van der Waals surface area contributed by atoms with Crippen molar-refractivity contribution in [2.75, 3.05) is 0 Å². The second-order valence-corrected chi connectivity index (χ2v) is 4.30. The molecule has 0 aromatic heterocycles. The fourth-order valence-electron chi connectivity index (χ4n) is 1.77. The Labute approximate surface area is 112 Å². The predicted octanol–water partition coefficient (Wildman–Crippen LogP) is 3.44. The van der Waals surface area contributed by atoms with E-state index in [4.69, 9.17) is 0 Å². The summed E-state index contributed by atoms with van der Waals surface area (Å²) in [6.45, 7) is 9.94. The first-order valence-electron chi connectivity index (χ1n) is 6.62. The highest BCUT2D eigenvalue weighted by atomic mass is 16.4. The summed E-state index contributed by atoms with van der Waals surface area (Å²) in [4.78, 5) is 0. The van der Waals surface area contributed by atoms with Gasteiger partial charge in [-0.25, -0.2) is 0 Å². The second kappa shape index (κ2) is 9.92. The minimum atomic E-state index is -1.45. The van der Waals surface area contributed by atoms with Gasteiger partial charge < -0.3 is 10.0 Å². The Hall–Kier alpha value is -1.06. The molecule has 0 aliphatic carbocycles. The Bertz CT molecular complexity index is 323. The Kier molecular flexibility index (Phi) is 9.34. The number of hydrogen-bond donors (Lipinski definition) is 2. The Balaban J connectivity index is 5.04. The van der Waals surface area contributed by atoms with Crippen LogP contribution < -0.4 is 0 Å². The molecule has 0 saturated heterocycles. The van der Waals surface area contributed by atoms with E-state index in [1.165, 1.54) is 0 Å². The molecule has 0 amide bonds.